The predicted octanol–water partition coefficient (Wildman–Crippen LogP) is 9.27. The molecule has 0 fully saturated rings. The summed E-state index contributed by atoms with van der Waals surface area (Å²) in [7, 11) is 0. The Morgan fingerprint density at radius 3 is 1.92 bits per heavy atom. The lowest BCUT2D eigenvalue weighted by Crippen LogP contribution is -2.59. The Morgan fingerprint density at radius 2 is 1.42 bits per heavy atom. The summed E-state index contributed by atoms with van der Waals surface area (Å²) in [5.41, 5.74) is 0.415. The van der Waals surface area contributed by atoms with E-state index in [4.69, 9.17) is 4.98 Å². The molecule has 50 heavy (non-hydrogen) atoms. The fourth-order valence-electron chi connectivity index (χ4n) is 5.90. The molecular weight excluding hydrogens is 647 g/mol. The third-order valence-electron chi connectivity index (χ3n) is 8.85. The van der Waals surface area contributed by atoms with E-state index in [0.29, 0.717) is 20.6 Å². The van der Waals surface area contributed by atoms with Crippen molar-refractivity contribution in [2.24, 2.45) is 5.41 Å². The number of nitrogens with zero attached hydrogens (tertiary/aromatic N) is 5. The summed E-state index contributed by atoms with van der Waals surface area (Å²) in [5, 5.41) is 12.0. The van der Waals surface area contributed by atoms with Crippen LogP contribution in [-0.2, 0) is 19.2 Å². The van der Waals surface area contributed by atoms with Crippen LogP contribution in [0, 0.1) is 16.7 Å². The second-order valence-corrected chi connectivity index (χ2v) is 15.1. The lowest BCUT2D eigenvalue weighted by molar-refractivity contribution is -0.180. The maximum atomic E-state index is 14.2. The van der Waals surface area contributed by atoms with Crippen LogP contribution in [-0.4, -0.2) is 51.7 Å². The van der Waals surface area contributed by atoms with Gasteiger partial charge in [0.05, 0.1) is 10.6 Å². The van der Waals surface area contributed by atoms with Crippen molar-refractivity contribution in [3.8, 4) is 17.3 Å². The monoisotopic (exact) mass is 701 g/mol. The van der Waals surface area contributed by atoms with E-state index in [1.807, 2.05) is 36.4 Å². The topological polar surface area (TPSA) is 115 Å². The van der Waals surface area contributed by atoms with Gasteiger partial charge in [-0.05, 0) is 31.4 Å². The molecule has 1 aromatic heterocycles. The van der Waals surface area contributed by atoms with Crippen LogP contribution < -0.4 is 4.90 Å². The van der Waals surface area contributed by atoms with Crippen molar-refractivity contribution in [2.75, 3.05) is 18.0 Å². The van der Waals surface area contributed by atoms with Crippen LogP contribution in [0.3, 0.4) is 0 Å². The number of imide groups is 2. The molecule has 0 unspecified atom stereocenters. The lowest BCUT2D eigenvalue weighted by Gasteiger charge is -2.37. The number of unbranched alkanes of at least 4 members (excludes halogenated alkanes) is 10. The van der Waals surface area contributed by atoms with Crippen molar-refractivity contribution in [3.63, 3.8) is 0 Å². The minimum atomic E-state index is -1.08. The average molecular weight is 702 g/mol. The molecule has 0 bridgehead atoms. The van der Waals surface area contributed by atoms with Gasteiger partial charge in [-0.3, -0.25) is 19.2 Å². The Labute approximate surface area is 303 Å². The van der Waals surface area contributed by atoms with E-state index in [0.717, 1.165) is 56.4 Å². The van der Waals surface area contributed by atoms with Gasteiger partial charge in [-0.2, -0.15) is 15.3 Å². The molecule has 0 spiro atoms. The normalized spacial score (nSPS) is 14.4. The Balaban J connectivity index is 2.11. The highest BCUT2D eigenvalue weighted by molar-refractivity contribution is 7.17. The molecule has 1 aliphatic rings. The van der Waals surface area contributed by atoms with E-state index in [9.17, 15) is 24.4 Å². The standard InChI is InChI=1S/C40H55N5O4S/c1-8-10-12-14-16-21-25-43(26-22-17-15-13-11-9-2)39-42-35(31-23-19-18-20-24-31)34(50-39)27-32-29(3)33(28-41)37(48)45(36(32)47)44(30(4)46)38(49)40(5,6)7/h18-20,23-24,27H,8-17,21-22,25-26H2,1-7H3/b32-27-. The number of carbonyl (C=O) groups is 4. The number of rotatable bonds is 18. The highest BCUT2D eigenvalue weighted by atomic mass is 32.1. The molecule has 0 atom stereocenters. The van der Waals surface area contributed by atoms with Gasteiger partial charge in [0.1, 0.15) is 11.6 Å². The Hall–Kier alpha value is -4.10. The zero-order chi connectivity index (χ0) is 36.8. The molecular formula is C40H55N5O4S. The summed E-state index contributed by atoms with van der Waals surface area (Å²) in [5.74, 6) is -3.37. The number of hydrogen-bond acceptors (Lipinski definition) is 8. The Kier molecular flexibility index (Phi) is 15.6. The molecule has 0 saturated heterocycles. The molecule has 0 aliphatic carbocycles. The second kappa shape index (κ2) is 19.3. The highest BCUT2D eigenvalue weighted by Gasteiger charge is 2.45. The van der Waals surface area contributed by atoms with Crippen molar-refractivity contribution in [1.82, 2.24) is 15.0 Å². The number of amides is 4. The van der Waals surface area contributed by atoms with Crippen LogP contribution in [0.25, 0.3) is 17.3 Å². The largest absolute Gasteiger partial charge is 0.348 e. The molecule has 1 aromatic carbocycles. The molecule has 270 valence electrons. The second-order valence-electron chi connectivity index (χ2n) is 14.1. The van der Waals surface area contributed by atoms with Crippen molar-refractivity contribution < 1.29 is 19.2 Å². The maximum absolute atomic E-state index is 14.2. The summed E-state index contributed by atoms with van der Waals surface area (Å²) >= 11 is 1.47. The third kappa shape index (κ3) is 10.5. The van der Waals surface area contributed by atoms with Gasteiger partial charge in [0.15, 0.2) is 5.13 Å². The number of anilines is 1. The van der Waals surface area contributed by atoms with Gasteiger partial charge in [-0.1, -0.05) is 140 Å². The van der Waals surface area contributed by atoms with Gasteiger partial charge < -0.3 is 4.90 Å². The van der Waals surface area contributed by atoms with Crippen LogP contribution in [0.15, 0.2) is 47.1 Å². The molecule has 2 heterocycles. The minimum absolute atomic E-state index is 0.0555. The van der Waals surface area contributed by atoms with Crippen molar-refractivity contribution >= 4 is 46.2 Å². The van der Waals surface area contributed by atoms with E-state index in [1.54, 1.807) is 33.8 Å². The quantitative estimate of drug-likeness (QED) is 0.0865. The molecule has 0 radical (unpaired) electrons. The van der Waals surface area contributed by atoms with Crippen LogP contribution in [0.1, 0.15) is 130 Å². The van der Waals surface area contributed by atoms with Crippen LogP contribution in [0.4, 0.5) is 5.13 Å². The Bertz CT molecular complexity index is 1580. The summed E-state index contributed by atoms with van der Waals surface area (Å²) in [6.45, 7) is 13.7. The summed E-state index contributed by atoms with van der Waals surface area (Å²) in [6.07, 6.45) is 15.9. The summed E-state index contributed by atoms with van der Waals surface area (Å²) in [4.78, 5) is 62.2. The number of aromatic nitrogens is 1. The fraction of sp³-hybridized carbons (Fsp3) is 0.550. The van der Waals surface area contributed by atoms with Gasteiger partial charge >= 0.3 is 0 Å². The zero-order valence-corrected chi connectivity index (χ0v) is 32.0. The first-order valence-electron chi connectivity index (χ1n) is 18.2. The molecule has 1 aliphatic heterocycles. The first kappa shape index (κ1) is 40.3. The first-order chi connectivity index (χ1) is 23.9. The minimum Gasteiger partial charge on any atom is -0.348 e. The molecule has 4 amide bonds. The third-order valence-corrected chi connectivity index (χ3v) is 9.91. The average Bonchev–Trinajstić information content (AvgIpc) is 3.50. The van der Waals surface area contributed by atoms with Gasteiger partial charge in [-0.25, -0.2) is 4.98 Å². The SMILES string of the molecule is CCCCCCCCN(CCCCCCCC)c1nc(-c2ccccc2)c(/C=C2\C(=O)N(N(C(C)=O)C(=O)C(C)(C)C)C(=O)C(C#N)=C2C)s1. The molecule has 10 heteroatoms. The first-order valence-corrected chi connectivity index (χ1v) is 19.1. The van der Waals surface area contributed by atoms with E-state index >= 15 is 0 Å². The highest BCUT2D eigenvalue weighted by Crippen LogP contribution is 2.38. The molecule has 2 aromatic rings. The zero-order valence-electron chi connectivity index (χ0n) is 31.1. The predicted molar refractivity (Wildman–Crippen MR) is 202 cm³/mol. The van der Waals surface area contributed by atoms with Gasteiger partial charge in [0.2, 0.25) is 5.91 Å². The number of hydrazine groups is 1. The van der Waals surface area contributed by atoms with Gasteiger partial charge in [0, 0.05) is 36.6 Å². The van der Waals surface area contributed by atoms with Crippen LogP contribution >= 0.6 is 11.3 Å². The van der Waals surface area contributed by atoms with Crippen LogP contribution in [0.5, 0.6) is 0 Å². The molecule has 9 nitrogen and oxygen atoms in total. The molecule has 0 saturated carbocycles. The van der Waals surface area contributed by atoms with Crippen LogP contribution in [0.2, 0.25) is 0 Å². The number of carbonyl (C=O) groups excluding carboxylic acids is 4. The smallest absolute Gasteiger partial charge is 0.291 e. The van der Waals surface area contributed by atoms with Crippen molar-refractivity contribution in [1.29, 1.82) is 5.26 Å². The van der Waals surface area contributed by atoms with E-state index in [-0.39, 0.29) is 16.7 Å². The number of thiazole rings is 1. The van der Waals surface area contributed by atoms with Crippen molar-refractivity contribution in [2.45, 2.75) is 126 Å². The van der Waals surface area contributed by atoms with E-state index < -0.39 is 29.0 Å². The Morgan fingerprint density at radius 1 is 0.880 bits per heavy atom. The van der Waals surface area contributed by atoms with Crippen molar-refractivity contribution in [3.05, 3.63) is 51.9 Å². The fourth-order valence-corrected chi connectivity index (χ4v) is 6.98. The number of hydrogen-bond donors (Lipinski definition) is 0. The maximum Gasteiger partial charge on any atom is 0.291 e. The number of nitriles is 1. The summed E-state index contributed by atoms with van der Waals surface area (Å²) < 4.78 is 0. The van der Waals surface area contributed by atoms with E-state index in [2.05, 4.69) is 18.7 Å². The lowest BCUT2D eigenvalue weighted by atomic mass is 9.93. The molecule has 3 rings (SSSR count). The summed E-state index contributed by atoms with van der Waals surface area (Å²) in [6, 6.07) is 11.7. The number of benzene rings is 1. The van der Waals surface area contributed by atoms with E-state index in [1.165, 1.54) is 62.7 Å². The van der Waals surface area contributed by atoms with Gasteiger partial charge in [0.25, 0.3) is 17.7 Å². The molecule has 0 N–H and O–H groups in total. The van der Waals surface area contributed by atoms with Gasteiger partial charge in [-0.15, -0.1) is 0 Å².